The summed E-state index contributed by atoms with van der Waals surface area (Å²) >= 11 is 3.60. The predicted octanol–water partition coefficient (Wildman–Crippen LogP) is 5.61. The summed E-state index contributed by atoms with van der Waals surface area (Å²) in [5.74, 6) is 1.44. The van der Waals surface area contributed by atoms with Gasteiger partial charge in [0.15, 0.2) is 0 Å². The third-order valence-corrected chi connectivity index (χ3v) is 7.30. The van der Waals surface area contributed by atoms with Crippen LogP contribution in [0.1, 0.15) is 34.3 Å². The molecule has 34 heavy (non-hydrogen) atoms. The van der Waals surface area contributed by atoms with Crippen molar-refractivity contribution in [3.63, 3.8) is 0 Å². The molecule has 0 aliphatic carbocycles. The highest BCUT2D eigenvalue weighted by Gasteiger charge is 2.34. The summed E-state index contributed by atoms with van der Waals surface area (Å²) in [6.07, 6.45) is 1.62. The summed E-state index contributed by atoms with van der Waals surface area (Å²) in [6.45, 7) is 4.89. The van der Waals surface area contributed by atoms with Gasteiger partial charge >= 0.3 is 0 Å². The van der Waals surface area contributed by atoms with Crippen LogP contribution in [0, 0.1) is 13.8 Å². The van der Waals surface area contributed by atoms with Crippen molar-refractivity contribution < 1.29 is 13.9 Å². The second kappa shape index (κ2) is 9.02. The average molecular weight is 521 g/mol. The van der Waals surface area contributed by atoms with E-state index in [4.69, 9.17) is 9.15 Å². The molecule has 0 bridgehead atoms. The zero-order valence-corrected chi connectivity index (χ0v) is 20.8. The van der Waals surface area contributed by atoms with Crippen molar-refractivity contribution in [2.75, 3.05) is 17.3 Å². The van der Waals surface area contributed by atoms with Crippen LogP contribution in [0.4, 0.5) is 11.4 Å². The molecule has 0 radical (unpaired) electrons. The number of anilines is 2. The van der Waals surface area contributed by atoms with Gasteiger partial charge in [-0.1, -0.05) is 18.2 Å². The first-order valence-corrected chi connectivity index (χ1v) is 11.8. The number of aryl methyl sites for hydroxylation is 1. The number of carbonyl (C=O) groups excluding carboxylic acids is 1. The Morgan fingerprint density at radius 3 is 2.65 bits per heavy atom. The van der Waals surface area contributed by atoms with Crippen molar-refractivity contribution in [2.24, 2.45) is 0 Å². The normalized spacial score (nSPS) is 15.2. The fourth-order valence-electron chi connectivity index (χ4n) is 4.36. The number of aromatic nitrogens is 2. The Labute approximate surface area is 206 Å². The number of nitrogens with zero attached hydrogens (tertiary/aromatic N) is 3. The molecule has 1 aliphatic heterocycles. The lowest BCUT2D eigenvalue weighted by Gasteiger charge is -2.35. The first-order chi connectivity index (χ1) is 16.5. The van der Waals surface area contributed by atoms with Gasteiger partial charge in [-0.15, -0.1) is 0 Å². The van der Waals surface area contributed by atoms with E-state index in [0.717, 1.165) is 49.9 Å². The Bertz CT molecular complexity index is 1350. The Balaban J connectivity index is 1.52. The van der Waals surface area contributed by atoms with Crippen molar-refractivity contribution in [1.29, 1.82) is 0 Å². The van der Waals surface area contributed by atoms with Gasteiger partial charge in [0.25, 0.3) is 5.91 Å². The molecule has 1 unspecified atom stereocenters. The molecule has 2 aromatic heterocycles. The van der Waals surface area contributed by atoms with E-state index in [1.54, 1.807) is 18.3 Å². The van der Waals surface area contributed by atoms with E-state index in [9.17, 15) is 4.79 Å². The number of fused-ring (bicyclic) bond motifs is 1. The predicted molar refractivity (Wildman–Crippen MR) is 134 cm³/mol. The largest absolute Gasteiger partial charge is 0.496 e. The molecule has 1 N–H and O–H groups in total. The van der Waals surface area contributed by atoms with Crippen LogP contribution < -0.4 is 15.0 Å². The van der Waals surface area contributed by atoms with E-state index in [1.165, 1.54) is 0 Å². The molecule has 0 saturated heterocycles. The molecule has 0 fully saturated rings. The van der Waals surface area contributed by atoms with Crippen LogP contribution in [0.15, 0.2) is 69.8 Å². The number of hydrogen-bond acceptors (Lipinski definition) is 5. The van der Waals surface area contributed by atoms with Gasteiger partial charge in [-0.25, -0.2) is 0 Å². The number of halogens is 1. The number of rotatable bonds is 6. The van der Waals surface area contributed by atoms with Gasteiger partial charge in [0.1, 0.15) is 17.6 Å². The standard InChI is InChI=1S/C26H25BrN4O3/c1-16-24(27)17(2)31(29-16)14-19-13-18(10-11-23(19)33-3)25-26(32)30(15-20-7-6-12-34-20)22-9-5-4-8-21(22)28-25/h4-13,25,28H,14-15H2,1-3H3. The summed E-state index contributed by atoms with van der Waals surface area (Å²) in [7, 11) is 1.65. The second-order valence-electron chi connectivity index (χ2n) is 8.31. The van der Waals surface area contributed by atoms with Crippen LogP contribution in [0.3, 0.4) is 0 Å². The first-order valence-electron chi connectivity index (χ1n) is 11.0. The number of amides is 1. The molecule has 7 nitrogen and oxygen atoms in total. The number of furan rings is 1. The van der Waals surface area contributed by atoms with Crippen LogP contribution >= 0.6 is 15.9 Å². The number of hydrogen-bond donors (Lipinski definition) is 1. The van der Waals surface area contributed by atoms with Crippen LogP contribution in [0.2, 0.25) is 0 Å². The van der Waals surface area contributed by atoms with Crippen LogP contribution in [-0.4, -0.2) is 22.8 Å². The Morgan fingerprint density at radius 2 is 1.94 bits per heavy atom. The summed E-state index contributed by atoms with van der Waals surface area (Å²) < 4.78 is 14.1. The highest BCUT2D eigenvalue weighted by atomic mass is 79.9. The lowest BCUT2D eigenvalue weighted by molar-refractivity contribution is -0.119. The summed E-state index contributed by atoms with van der Waals surface area (Å²) in [5, 5.41) is 8.07. The quantitative estimate of drug-likeness (QED) is 0.357. The third kappa shape index (κ3) is 3.98. The van der Waals surface area contributed by atoms with Crippen LogP contribution in [0.25, 0.3) is 0 Å². The number of carbonyl (C=O) groups is 1. The van der Waals surface area contributed by atoms with E-state index in [2.05, 4.69) is 26.3 Å². The lowest BCUT2D eigenvalue weighted by atomic mass is 9.98. The van der Waals surface area contributed by atoms with Gasteiger partial charge in [-0.05, 0) is 71.7 Å². The van der Waals surface area contributed by atoms with Gasteiger partial charge in [0.2, 0.25) is 0 Å². The van der Waals surface area contributed by atoms with E-state index in [0.29, 0.717) is 13.1 Å². The fraction of sp³-hybridized carbons (Fsp3) is 0.231. The molecule has 2 aromatic carbocycles. The van der Waals surface area contributed by atoms with Crippen molar-refractivity contribution in [3.8, 4) is 5.75 Å². The van der Waals surface area contributed by atoms with E-state index in [-0.39, 0.29) is 5.91 Å². The van der Waals surface area contributed by atoms with Crippen LogP contribution in [-0.2, 0) is 17.9 Å². The fourth-order valence-corrected chi connectivity index (χ4v) is 4.65. The highest BCUT2D eigenvalue weighted by Crippen LogP contribution is 2.38. The third-order valence-electron chi connectivity index (χ3n) is 6.15. The molecule has 3 heterocycles. The molecule has 1 amide bonds. The second-order valence-corrected chi connectivity index (χ2v) is 9.10. The van der Waals surface area contributed by atoms with Gasteiger partial charge < -0.3 is 19.4 Å². The minimum Gasteiger partial charge on any atom is -0.496 e. The topological polar surface area (TPSA) is 72.5 Å². The Hall–Kier alpha value is -3.52. The lowest BCUT2D eigenvalue weighted by Crippen LogP contribution is -2.41. The zero-order valence-electron chi connectivity index (χ0n) is 19.2. The minimum absolute atomic E-state index is 0.0416. The molecule has 5 rings (SSSR count). The zero-order chi connectivity index (χ0) is 23.8. The van der Waals surface area contributed by atoms with E-state index < -0.39 is 6.04 Å². The average Bonchev–Trinajstić information content (AvgIpc) is 3.45. The molecular weight excluding hydrogens is 496 g/mol. The molecule has 8 heteroatoms. The van der Waals surface area contributed by atoms with E-state index >= 15 is 0 Å². The SMILES string of the molecule is COc1ccc(C2Nc3ccccc3N(Cc3ccco3)C2=O)cc1Cn1nc(C)c(Br)c1C. The van der Waals surface area contributed by atoms with Gasteiger partial charge in [-0.2, -0.15) is 5.10 Å². The Kier molecular flexibility index (Phi) is 5.91. The summed E-state index contributed by atoms with van der Waals surface area (Å²) in [6, 6.07) is 16.9. The number of methoxy groups -OCH3 is 1. The summed E-state index contributed by atoms with van der Waals surface area (Å²) in [4.78, 5) is 15.5. The van der Waals surface area contributed by atoms with Gasteiger partial charge in [0.05, 0.1) is 53.7 Å². The smallest absolute Gasteiger partial charge is 0.254 e. The Morgan fingerprint density at radius 1 is 1.12 bits per heavy atom. The molecular formula is C26H25BrN4O3. The number of ether oxygens (including phenoxy) is 1. The first kappa shape index (κ1) is 22.3. The monoisotopic (exact) mass is 520 g/mol. The maximum atomic E-state index is 13.7. The highest BCUT2D eigenvalue weighted by molar-refractivity contribution is 9.10. The van der Waals surface area contributed by atoms with Gasteiger partial charge in [-0.3, -0.25) is 9.48 Å². The molecule has 1 aliphatic rings. The van der Waals surface area contributed by atoms with Crippen molar-refractivity contribution >= 4 is 33.2 Å². The van der Waals surface area contributed by atoms with Gasteiger partial charge in [0, 0.05) is 5.56 Å². The number of para-hydroxylation sites is 2. The van der Waals surface area contributed by atoms with Crippen molar-refractivity contribution in [1.82, 2.24) is 9.78 Å². The number of nitrogens with one attached hydrogen (secondary N) is 1. The minimum atomic E-state index is -0.540. The maximum Gasteiger partial charge on any atom is 0.254 e. The maximum absolute atomic E-state index is 13.7. The van der Waals surface area contributed by atoms with Crippen molar-refractivity contribution in [2.45, 2.75) is 33.0 Å². The molecule has 1 atom stereocenters. The number of benzene rings is 2. The van der Waals surface area contributed by atoms with Crippen molar-refractivity contribution in [3.05, 3.63) is 93.6 Å². The molecule has 4 aromatic rings. The molecule has 0 saturated carbocycles. The van der Waals surface area contributed by atoms with Crippen LogP contribution in [0.5, 0.6) is 5.75 Å². The summed E-state index contributed by atoms with van der Waals surface area (Å²) in [5.41, 5.74) is 5.52. The molecule has 0 spiro atoms. The van der Waals surface area contributed by atoms with E-state index in [1.807, 2.05) is 73.1 Å². The molecule has 174 valence electrons.